The monoisotopic (exact) mass is 266 g/mol. The number of aryl methyl sites for hydroxylation is 1. The molecule has 1 aromatic heterocycles. The zero-order valence-corrected chi connectivity index (χ0v) is 9.95. The van der Waals surface area contributed by atoms with E-state index in [0.29, 0.717) is 0 Å². The number of ether oxygens (including phenoxy) is 1. The molecule has 0 bridgehead atoms. The summed E-state index contributed by atoms with van der Waals surface area (Å²) in [6.45, 7) is 3.34. The molecule has 1 atom stereocenters. The molecule has 0 spiro atoms. The number of halogens is 3. The Bertz CT molecular complexity index is 403. The Balaban J connectivity index is 2.60. The Labute approximate surface area is 101 Å². The van der Waals surface area contributed by atoms with Crippen molar-refractivity contribution < 1.29 is 27.2 Å². The number of aromatic nitrogens is 2. The Morgan fingerprint density at radius 2 is 2.17 bits per heavy atom. The highest BCUT2D eigenvalue weighted by molar-refractivity contribution is 5.76. The van der Waals surface area contributed by atoms with E-state index in [0.717, 1.165) is 0 Å². The van der Waals surface area contributed by atoms with Gasteiger partial charge >= 0.3 is 12.1 Å². The average Bonchev–Trinajstić information content (AvgIpc) is 2.73. The van der Waals surface area contributed by atoms with Crippen molar-refractivity contribution in [2.45, 2.75) is 38.8 Å². The van der Waals surface area contributed by atoms with Crippen LogP contribution in [0.1, 0.15) is 37.9 Å². The lowest BCUT2D eigenvalue weighted by Crippen LogP contribution is -2.13. The molecule has 0 saturated carbocycles. The first kappa shape index (κ1) is 14.5. The maximum atomic E-state index is 12.0. The van der Waals surface area contributed by atoms with E-state index in [1.54, 1.807) is 6.92 Å². The van der Waals surface area contributed by atoms with Gasteiger partial charge in [0.2, 0.25) is 5.89 Å². The van der Waals surface area contributed by atoms with Gasteiger partial charge in [-0.05, 0) is 13.8 Å². The van der Waals surface area contributed by atoms with Crippen molar-refractivity contribution >= 4 is 5.97 Å². The second-order valence-corrected chi connectivity index (χ2v) is 3.64. The Morgan fingerprint density at radius 1 is 1.50 bits per heavy atom. The van der Waals surface area contributed by atoms with E-state index in [1.165, 1.54) is 6.92 Å². The molecule has 1 rings (SSSR count). The molecule has 1 heterocycles. The molecule has 0 aromatic carbocycles. The van der Waals surface area contributed by atoms with Gasteiger partial charge in [-0.2, -0.15) is 18.2 Å². The van der Waals surface area contributed by atoms with Crippen LogP contribution >= 0.6 is 0 Å². The fraction of sp³-hybridized carbons (Fsp3) is 0.700. The van der Waals surface area contributed by atoms with Crippen LogP contribution in [0.4, 0.5) is 13.2 Å². The molecule has 0 aliphatic carbocycles. The first-order valence-electron chi connectivity index (χ1n) is 5.39. The van der Waals surface area contributed by atoms with Gasteiger partial charge in [0, 0.05) is 6.42 Å². The summed E-state index contributed by atoms with van der Waals surface area (Å²) in [5.74, 6) is -1.44. The van der Waals surface area contributed by atoms with Crippen LogP contribution < -0.4 is 0 Å². The fourth-order valence-corrected chi connectivity index (χ4v) is 1.17. The molecule has 0 saturated heterocycles. The number of hydrogen-bond donors (Lipinski definition) is 0. The number of nitrogens with zero attached hydrogens (tertiary/aromatic N) is 2. The second kappa shape index (κ2) is 5.83. The number of rotatable bonds is 5. The van der Waals surface area contributed by atoms with Gasteiger partial charge in [-0.1, -0.05) is 5.16 Å². The summed E-state index contributed by atoms with van der Waals surface area (Å²) in [6.07, 6.45) is -5.67. The third kappa shape index (κ3) is 4.34. The SMILES string of the molecule is CCOC(=O)C(C)c1nc(CCC(F)(F)F)no1. The minimum absolute atomic E-state index is 0.0365. The van der Waals surface area contributed by atoms with Gasteiger partial charge in [0.15, 0.2) is 5.82 Å². The molecule has 0 fully saturated rings. The maximum Gasteiger partial charge on any atom is 0.389 e. The minimum Gasteiger partial charge on any atom is -0.465 e. The molecule has 0 aliphatic rings. The average molecular weight is 266 g/mol. The van der Waals surface area contributed by atoms with E-state index in [9.17, 15) is 18.0 Å². The number of carbonyl (C=O) groups excluding carboxylic acids is 1. The van der Waals surface area contributed by atoms with Gasteiger partial charge in [-0.25, -0.2) is 0 Å². The lowest BCUT2D eigenvalue weighted by Gasteiger charge is -2.04. The van der Waals surface area contributed by atoms with Crippen molar-refractivity contribution in [3.63, 3.8) is 0 Å². The van der Waals surface area contributed by atoms with Crippen LogP contribution in [0.2, 0.25) is 0 Å². The summed E-state index contributed by atoms with van der Waals surface area (Å²) < 4.78 is 45.4. The molecule has 0 aliphatic heterocycles. The third-order valence-corrected chi connectivity index (χ3v) is 2.13. The van der Waals surface area contributed by atoms with E-state index in [1.807, 2.05) is 0 Å². The number of carbonyl (C=O) groups is 1. The topological polar surface area (TPSA) is 65.2 Å². The predicted octanol–water partition coefficient (Wildman–Crippen LogP) is 2.23. The largest absolute Gasteiger partial charge is 0.465 e. The molecule has 8 heteroatoms. The van der Waals surface area contributed by atoms with Gasteiger partial charge in [0.1, 0.15) is 5.92 Å². The molecule has 18 heavy (non-hydrogen) atoms. The first-order chi connectivity index (χ1) is 8.33. The molecular weight excluding hydrogens is 253 g/mol. The molecule has 1 aromatic rings. The van der Waals surface area contributed by atoms with Gasteiger partial charge in [0.05, 0.1) is 13.0 Å². The zero-order valence-electron chi connectivity index (χ0n) is 9.95. The third-order valence-electron chi connectivity index (χ3n) is 2.13. The van der Waals surface area contributed by atoms with Gasteiger partial charge in [-0.15, -0.1) is 0 Å². The van der Waals surface area contributed by atoms with Crippen molar-refractivity contribution in [1.82, 2.24) is 10.1 Å². The fourth-order valence-electron chi connectivity index (χ4n) is 1.17. The molecule has 0 radical (unpaired) electrons. The van der Waals surface area contributed by atoms with E-state index < -0.39 is 24.5 Å². The quantitative estimate of drug-likeness (QED) is 0.764. The van der Waals surface area contributed by atoms with Crippen LogP contribution in [0.25, 0.3) is 0 Å². The highest BCUT2D eigenvalue weighted by atomic mass is 19.4. The summed E-state index contributed by atoms with van der Waals surface area (Å²) in [5, 5.41) is 3.39. The maximum absolute atomic E-state index is 12.0. The lowest BCUT2D eigenvalue weighted by molar-refractivity contribution is -0.145. The van der Waals surface area contributed by atoms with Crippen LogP contribution in [0, 0.1) is 0 Å². The Hall–Kier alpha value is -1.60. The van der Waals surface area contributed by atoms with E-state index in [-0.39, 0.29) is 24.7 Å². The number of alkyl halides is 3. The molecule has 102 valence electrons. The van der Waals surface area contributed by atoms with E-state index in [4.69, 9.17) is 9.26 Å². The van der Waals surface area contributed by atoms with Gasteiger partial charge in [-0.3, -0.25) is 4.79 Å². The summed E-state index contributed by atoms with van der Waals surface area (Å²) in [5.41, 5.74) is 0. The molecule has 0 N–H and O–H groups in total. The highest BCUT2D eigenvalue weighted by Gasteiger charge is 2.28. The summed E-state index contributed by atoms with van der Waals surface area (Å²) in [4.78, 5) is 15.1. The lowest BCUT2D eigenvalue weighted by atomic mass is 10.2. The van der Waals surface area contributed by atoms with Gasteiger partial charge in [0.25, 0.3) is 0 Å². The normalized spacial score (nSPS) is 13.4. The minimum atomic E-state index is -4.27. The summed E-state index contributed by atoms with van der Waals surface area (Å²) in [6, 6.07) is 0. The van der Waals surface area contributed by atoms with Crippen LogP contribution in [0.3, 0.4) is 0 Å². The van der Waals surface area contributed by atoms with Crippen LogP contribution in [0.5, 0.6) is 0 Å². The van der Waals surface area contributed by atoms with Crippen LogP contribution in [0.15, 0.2) is 4.52 Å². The second-order valence-electron chi connectivity index (χ2n) is 3.64. The highest BCUT2D eigenvalue weighted by Crippen LogP contribution is 2.22. The van der Waals surface area contributed by atoms with Crippen LogP contribution in [-0.4, -0.2) is 28.9 Å². The first-order valence-corrected chi connectivity index (χ1v) is 5.39. The van der Waals surface area contributed by atoms with Crippen molar-refractivity contribution in [2.24, 2.45) is 0 Å². The number of esters is 1. The summed E-state index contributed by atoms with van der Waals surface area (Å²) in [7, 11) is 0. The predicted molar refractivity (Wildman–Crippen MR) is 53.7 cm³/mol. The molecule has 5 nitrogen and oxygen atoms in total. The van der Waals surface area contributed by atoms with E-state index in [2.05, 4.69) is 10.1 Å². The van der Waals surface area contributed by atoms with Crippen LogP contribution in [-0.2, 0) is 16.0 Å². The zero-order chi connectivity index (χ0) is 13.8. The smallest absolute Gasteiger partial charge is 0.389 e. The van der Waals surface area contributed by atoms with Crippen molar-refractivity contribution in [2.75, 3.05) is 6.61 Å². The summed E-state index contributed by atoms with van der Waals surface area (Å²) >= 11 is 0. The molecular formula is C10H13F3N2O3. The van der Waals surface area contributed by atoms with E-state index >= 15 is 0 Å². The Morgan fingerprint density at radius 3 is 2.72 bits per heavy atom. The molecule has 0 amide bonds. The van der Waals surface area contributed by atoms with Crippen molar-refractivity contribution in [3.05, 3.63) is 11.7 Å². The standard InChI is InChI=1S/C10H13F3N2O3/c1-3-17-9(16)6(2)8-14-7(15-18-8)4-5-10(11,12)13/h6H,3-5H2,1-2H3. The van der Waals surface area contributed by atoms with Crippen molar-refractivity contribution in [1.29, 1.82) is 0 Å². The van der Waals surface area contributed by atoms with Crippen molar-refractivity contribution in [3.8, 4) is 0 Å². The molecule has 1 unspecified atom stereocenters. The Kier molecular flexibility index (Phi) is 4.69. The van der Waals surface area contributed by atoms with Gasteiger partial charge < -0.3 is 9.26 Å². The number of hydrogen-bond acceptors (Lipinski definition) is 5.